The number of hydrogen-bond donors (Lipinski definition) is 2. The van der Waals surface area contributed by atoms with Crippen molar-refractivity contribution >= 4 is 5.69 Å². The van der Waals surface area contributed by atoms with Crippen LogP contribution in [0.3, 0.4) is 0 Å². The van der Waals surface area contributed by atoms with Crippen molar-refractivity contribution in [2.75, 3.05) is 5.73 Å². The minimum atomic E-state index is 0.218. The molecule has 94 valence electrons. The van der Waals surface area contributed by atoms with Crippen molar-refractivity contribution in [2.24, 2.45) is 0 Å². The van der Waals surface area contributed by atoms with E-state index in [9.17, 15) is 5.11 Å². The molecule has 1 saturated carbocycles. The monoisotopic (exact) mass is 233 g/mol. The summed E-state index contributed by atoms with van der Waals surface area (Å²) < 4.78 is 0. The predicted molar refractivity (Wildman–Crippen MR) is 72.2 cm³/mol. The van der Waals surface area contributed by atoms with Crippen LogP contribution in [0.15, 0.2) is 18.2 Å². The van der Waals surface area contributed by atoms with Gasteiger partial charge in [0.1, 0.15) is 5.75 Å². The quantitative estimate of drug-likeness (QED) is 0.613. The van der Waals surface area contributed by atoms with Gasteiger partial charge in [-0.25, -0.2) is 0 Å². The van der Waals surface area contributed by atoms with E-state index in [-0.39, 0.29) is 11.2 Å². The van der Waals surface area contributed by atoms with E-state index < -0.39 is 0 Å². The molecular weight excluding hydrogens is 210 g/mol. The van der Waals surface area contributed by atoms with Gasteiger partial charge in [0.2, 0.25) is 0 Å². The first kappa shape index (κ1) is 12.3. The van der Waals surface area contributed by atoms with E-state index in [1.165, 1.54) is 50.5 Å². The van der Waals surface area contributed by atoms with Crippen LogP contribution in [0.2, 0.25) is 0 Å². The largest absolute Gasteiger partial charge is 0.506 e. The molecule has 1 aromatic carbocycles. The second-order valence-corrected chi connectivity index (χ2v) is 5.33. The van der Waals surface area contributed by atoms with Crippen LogP contribution in [0.5, 0.6) is 5.75 Å². The fraction of sp³-hybridized carbons (Fsp3) is 0.600. The summed E-state index contributed by atoms with van der Waals surface area (Å²) in [5.74, 6) is 0.239. The molecule has 1 aromatic rings. The number of anilines is 1. The highest BCUT2D eigenvalue weighted by atomic mass is 16.3. The maximum absolute atomic E-state index is 9.79. The Balaban J connectivity index is 2.41. The minimum Gasteiger partial charge on any atom is -0.506 e. The Morgan fingerprint density at radius 3 is 2.59 bits per heavy atom. The number of hydrogen-bond acceptors (Lipinski definition) is 2. The maximum atomic E-state index is 9.79. The Hall–Kier alpha value is -1.18. The molecule has 1 aliphatic rings. The topological polar surface area (TPSA) is 46.2 Å². The number of nitrogens with two attached hydrogens (primary N) is 1. The number of phenols is 1. The first-order valence-corrected chi connectivity index (χ1v) is 6.77. The summed E-state index contributed by atoms with van der Waals surface area (Å²) >= 11 is 0. The first-order chi connectivity index (χ1) is 8.19. The third-order valence-electron chi connectivity index (χ3n) is 4.19. The molecule has 0 bridgehead atoms. The summed E-state index contributed by atoms with van der Waals surface area (Å²) in [5.41, 5.74) is 8.08. The summed E-state index contributed by atoms with van der Waals surface area (Å²) in [4.78, 5) is 0. The van der Waals surface area contributed by atoms with Gasteiger partial charge in [-0.2, -0.15) is 0 Å². The SMILES string of the molecule is CCCC1(c2cccc(O)c2N)CCCCC1. The number of rotatable bonds is 3. The molecular formula is C15H23NO. The average Bonchev–Trinajstić information content (AvgIpc) is 2.34. The molecule has 0 aliphatic heterocycles. The minimum absolute atomic E-state index is 0.218. The maximum Gasteiger partial charge on any atom is 0.138 e. The second-order valence-electron chi connectivity index (χ2n) is 5.33. The van der Waals surface area contributed by atoms with Gasteiger partial charge in [0.15, 0.2) is 0 Å². The average molecular weight is 233 g/mol. The number of aromatic hydroxyl groups is 1. The van der Waals surface area contributed by atoms with Crippen LogP contribution in [0.4, 0.5) is 5.69 Å². The number of para-hydroxylation sites is 1. The number of benzene rings is 1. The van der Waals surface area contributed by atoms with Gasteiger partial charge in [0, 0.05) is 0 Å². The normalized spacial score (nSPS) is 19.1. The summed E-state index contributed by atoms with van der Waals surface area (Å²) in [6, 6.07) is 5.71. The molecule has 2 nitrogen and oxygen atoms in total. The van der Waals surface area contributed by atoms with Crippen molar-refractivity contribution in [1.82, 2.24) is 0 Å². The van der Waals surface area contributed by atoms with E-state index in [1.54, 1.807) is 6.07 Å². The van der Waals surface area contributed by atoms with E-state index in [4.69, 9.17) is 5.73 Å². The van der Waals surface area contributed by atoms with Crippen LogP contribution in [0.25, 0.3) is 0 Å². The Labute approximate surface area is 104 Å². The highest BCUT2D eigenvalue weighted by molar-refractivity contribution is 5.60. The van der Waals surface area contributed by atoms with Crippen LogP contribution >= 0.6 is 0 Å². The van der Waals surface area contributed by atoms with Gasteiger partial charge in [0.25, 0.3) is 0 Å². The molecule has 17 heavy (non-hydrogen) atoms. The van der Waals surface area contributed by atoms with Crippen molar-refractivity contribution in [3.8, 4) is 5.75 Å². The molecule has 0 spiro atoms. The lowest BCUT2D eigenvalue weighted by atomic mass is 9.66. The molecule has 2 rings (SSSR count). The molecule has 3 N–H and O–H groups in total. The van der Waals surface area contributed by atoms with Crippen molar-refractivity contribution in [2.45, 2.75) is 57.3 Å². The van der Waals surface area contributed by atoms with Crippen molar-refractivity contribution in [3.63, 3.8) is 0 Å². The van der Waals surface area contributed by atoms with Gasteiger partial charge < -0.3 is 10.8 Å². The Morgan fingerprint density at radius 2 is 1.94 bits per heavy atom. The molecule has 1 aliphatic carbocycles. The second kappa shape index (κ2) is 4.99. The molecule has 2 heteroatoms. The Bertz CT molecular complexity index is 375. The third kappa shape index (κ3) is 2.26. The van der Waals surface area contributed by atoms with Crippen LogP contribution < -0.4 is 5.73 Å². The zero-order valence-electron chi connectivity index (χ0n) is 10.7. The molecule has 0 unspecified atom stereocenters. The molecule has 0 amide bonds. The molecule has 0 aromatic heterocycles. The lowest BCUT2D eigenvalue weighted by molar-refractivity contribution is 0.272. The molecule has 0 saturated heterocycles. The molecule has 0 heterocycles. The molecule has 0 radical (unpaired) electrons. The Morgan fingerprint density at radius 1 is 1.24 bits per heavy atom. The van der Waals surface area contributed by atoms with E-state index in [1.807, 2.05) is 6.07 Å². The summed E-state index contributed by atoms with van der Waals surface area (Å²) in [5, 5.41) is 9.79. The third-order valence-corrected chi connectivity index (χ3v) is 4.19. The standard InChI is InChI=1S/C15H23NO/c1-2-9-15(10-4-3-5-11-15)12-7-6-8-13(17)14(12)16/h6-8,17H,2-5,9-11,16H2,1H3. The number of phenolic OH excluding ortho intramolecular Hbond substituents is 1. The summed E-state index contributed by atoms with van der Waals surface area (Å²) in [6.07, 6.45) is 8.70. The highest BCUT2D eigenvalue weighted by Gasteiger charge is 2.34. The van der Waals surface area contributed by atoms with Crippen molar-refractivity contribution < 1.29 is 5.11 Å². The smallest absolute Gasteiger partial charge is 0.138 e. The van der Waals surface area contributed by atoms with E-state index in [2.05, 4.69) is 13.0 Å². The highest BCUT2D eigenvalue weighted by Crippen LogP contribution is 2.46. The predicted octanol–water partition coefficient (Wildman–Crippen LogP) is 3.98. The van der Waals surface area contributed by atoms with Crippen molar-refractivity contribution in [1.29, 1.82) is 0 Å². The van der Waals surface area contributed by atoms with Crippen molar-refractivity contribution in [3.05, 3.63) is 23.8 Å². The molecule has 1 fully saturated rings. The van der Waals surface area contributed by atoms with E-state index in [0.717, 1.165) is 0 Å². The lowest BCUT2D eigenvalue weighted by Crippen LogP contribution is -2.29. The zero-order valence-corrected chi connectivity index (χ0v) is 10.7. The van der Waals surface area contributed by atoms with Gasteiger partial charge in [-0.1, -0.05) is 44.7 Å². The van der Waals surface area contributed by atoms with Crippen LogP contribution in [0, 0.1) is 0 Å². The number of nitrogen functional groups attached to an aromatic ring is 1. The fourth-order valence-electron chi connectivity index (χ4n) is 3.38. The van der Waals surface area contributed by atoms with Crippen LogP contribution in [-0.4, -0.2) is 5.11 Å². The summed E-state index contributed by atoms with van der Waals surface area (Å²) in [6.45, 7) is 2.23. The van der Waals surface area contributed by atoms with Crippen LogP contribution in [-0.2, 0) is 5.41 Å². The lowest BCUT2D eigenvalue weighted by Gasteiger charge is -2.38. The molecule has 0 atom stereocenters. The van der Waals surface area contributed by atoms with E-state index >= 15 is 0 Å². The van der Waals surface area contributed by atoms with Gasteiger partial charge in [-0.3, -0.25) is 0 Å². The Kier molecular flexibility index (Phi) is 3.60. The first-order valence-electron chi connectivity index (χ1n) is 6.77. The fourth-order valence-corrected chi connectivity index (χ4v) is 3.38. The van der Waals surface area contributed by atoms with E-state index in [0.29, 0.717) is 5.69 Å². The van der Waals surface area contributed by atoms with Gasteiger partial charge in [0.05, 0.1) is 5.69 Å². The zero-order chi connectivity index (χ0) is 12.3. The van der Waals surface area contributed by atoms with Crippen LogP contribution in [0.1, 0.15) is 57.4 Å². The van der Waals surface area contributed by atoms with Gasteiger partial charge in [-0.05, 0) is 36.3 Å². The van der Waals surface area contributed by atoms with Gasteiger partial charge in [-0.15, -0.1) is 0 Å². The summed E-state index contributed by atoms with van der Waals surface area (Å²) in [7, 11) is 0. The van der Waals surface area contributed by atoms with Gasteiger partial charge >= 0.3 is 0 Å².